The van der Waals surface area contributed by atoms with E-state index >= 15 is 0 Å². The van der Waals surface area contributed by atoms with Gasteiger partial charge in [-0.05, 0) is 38.1 Å². The monoisotopic (exact) mass is 304 g/mol. The van der Waals surface area contributed by atoms with Crippen LogP contribution in [0.3, 0.4) is 0 Å². The fourth-order valence-electron chi connectivity index (χ4n) is 2.43. The summed E-state index contributed by atoms with van der Waals surface area (Å²) in [4.78, 5) is 25.3. The first-order valence-electron chi connectivity index (χ1n) is 7.24. The summed E-state index contributed by atoms with van der Waals surface area (Å²) in [5, 5.41) is 3.05. The van der Waals surface area contributed by atoms with Gasteiger partial charge in [0, 0.05) is 24.2 Å². The fourth-order valence-corrected chi connectivity index (χ4v) is 2.43. The molecule has 1 N–H and O–H groups in total. The van der Waals surface area contributed by atoms with Crippen LogP contribution in [0.15, 0.2) is 55.1 Å². The van der Waals surface area contributed by atoms with E-state index in [1.165, 1.54) is 0 Å². The molecule has 3 rings (SSSR count). The highest BCUT2D eigenvalue weighted by molar-refractivity contribution is 6.12. The molecule has 114 valence electrons. The third-order valence-corrected chi connectivity index (χ3v) is 3.35. The Kier molecular flexibility index (Phi) is 4.10. The molecule has 2 heterocycles. The van der Waals surface area contributed by atoms with E-state index in [0.717, 1.165) is 11.1 Å². The zero-order valence-corrected chi connectivity index (χ0v) is 12.9. The number of benzene rings is 1. The number of carbonyl (C=O) groups is 1. The lowest BCUT2D eigenvalue weighted by Crippen LogP contribution is -2.08. The van der Waals surface area contributed by atoms with Crippen LogP contribution >= 0.6 is 0 Å². The van der Waals surface area contributed by atoms with E-state index in [9.17, 15) is 4.79 Å². The Labute approximate surface area is 134 Å². The van der Waals surface area contributed by atoms with Crippen molar-refractivity contribution in [2.75, 3.05) is 5.32 Å². The van der Waals surface area contributed by atoms with Crippen LogP contribution in [0.1, 0.15) is 27.0 Å². The van der Waals surface area contributed by atoms with Crippen molar-refractivity contribution in [3.05, 3.63) is 77.4 Å². The molecular weight excluding hydrogens is 288 g/mol. The first-order chi connectivity index (χ1) is 11.1. The number of ketones is 1. The summed E-state index contributed by atoms with van der Waals surface area (Å²) < 4.78 is 0. The lowest BCUT2D eigenvalue weighted by Gasteiger charge is -2.10. The number of hydrogen-bond donors (Lipinski definition) is 1. The van der Waals surface area contributed by atoms with Gasteiger partial charge in [-0.25, -0.2) is 9.97 Å². The maximum absolute atomic E-state index is 12.8. The molecule has 5 heteroatoms. The topological polar surface area (TPSA) is 67.8 Å². The van der Waals surface area contributed by atoms with Crippen LogP contribution < -0.4 is 5.32 Å². The summed E-state index contributed by atoms with van der Waals surface area (Å²) in [6.45, 7) is 3.96. The molecule has 23 heavy (non-hydrogen) atoms. The molecule has 3 aromatic rings. The van der Waals surface area contributed by atoms with Gasteiger partial charge >= 0.3 is 0 Å². The van der Waals surface area contributed by atoms with Crippen LogP contribution in [0.4, 0.5) is 11.6 Å². The van der Waals surface area contributed by atoms with Crippen LogP contribution in [0, 0.1) is 13.8 Å². The highest BCUT2D eigenvalue weighted by Crippen LogP contribution is 2.21. The molecule has 0 spiro atoms. The minimum Gasteiger partial charge on any atom is -0.323 e. The van der Waals surface area contributed by atoms with Crippen LogP contribution in [0.25, 0.3) is 0 Å². The number of pyridine rings is 1. The highest BCUT2D eigenvalue weighted by Gasteiger charge is 2.15. The van der Waals surface area contributed by atoms with Crippen molar-refractivity contribution in [2.45, 2.75) is 13.8 Å². The number of aryl methyl sites for hydroxylation is 2. The van der Waals surface area contributed by atoms with Crippen molar-refractivity contribution in [1.82, 2.24) is 15.0 Å². The predicted octanol–water partition coefficient (Wildman–Crippen LogP) is 3.46. The second-order valence-electron chi connectivity index (χ2n) is 5.32. The van der Waals surface area contributed by atoms with Gasteiger partial charge in [0.05, 0.1) is 11.8 Å². The summed E-state index contributed by atoms with van der Waals surface area (Å²) in [6, 6.07) is 9.31. The van der Waals surface area contributed by atoms with E-state index in [0.29, 0.717) is 22.8 Å². The molecule has 0 unspecified atom stereocenters. The van der Waals surface area contributed by atoms with E-state index in [2.05, 4.69) is 20.3 Å². The van der Waals surface area contributed by atoms with E-state index in [1.807, 2.05) is 32.0 Å². The molecule has 0 aliphatic rings. The van der Waals surface area contributed by atoms with Crippen molar-refractivity contribution in [3.8, 4) is 0 Å². The highest BCUT2D eigenvalue weighted by atomic mass is 16.1. The molecule has 1 aromatic carbocycles. The van der Waals surface area contributed by atoms with E-state index < -0.39 is 0 Å². The van der Waals surface area contributed by atoms with Gasteiger partial charge in [0.2, 0.25) is 0 Å². The number of hydrogen-bond acceptors (Lipinski definition) is 5. The molecule has 0 aliphatic carbocycles. The van der Waals surface area contributed by atoms with E-state index in [1.54, 1.807) is 36.9 Å². The fraction of sp³-hybridized carbons (Fsp3) is 0.111. The maximum atomic E-state index is 12.8. The molecule has 5 nitrogen and oxygen atoms in total. The smallest absolute Gasteiger partial charge is 0.196 e. The number of rotatable bonds is 4. The molecule has 0 saturated carbocycles. The lowest BCUT2D eigenvalue weighted by atomic mass is 10.00. The van der Waals surface area contributed by atoms with Gasteiger partial charge in [0.25, 0.3) is 0 Å². The zero-order valence-electron chi connectivity index (χ0n) is 12.9. The lowest BCUT2D eigenvalue weighted by molar-refractivity contribution is 0.103. The number of carbonyl (C=O) groups excluding carboxylic acids is 1. The maximum Gasteiger partial charge on any atom is 0.196 e. The number of anilines is 2. The average molecular weight is 304 g/mol. The van der Waals surface area contributed by atoms with Crippen molar-refractivity contribution >= 4 is 17.4 Å². The van der Waals surface area contributed by atoms with Crippen molar-refractivity contribution in [1.29, 1.82) is 0 Å². The van der Waals surface area contributed by atoms with Gasteiger partial charge in [-0.1, -0.05) is 17.2 Å². The second-order valence-corrected chi connectivity index (χ2v) is 5.32. The number of nitrogens with zero attached hydrogens (tertiary/aromatic N) is 3. The molecule has 0 fully saturated rings. The van der Waals surface area contributed by atoms with Crippen molar-refractivity contribution in [2.24, 2.45) is 0 Å². The third-order valence-electron chi connectivity index (χ3n) is 3.35. The summed E-state index contributed by atoms with van der Waals surface area (Å²) >= 11 is 0. The van der Waals surface area contributed by atoms with Gasteiger partial charge in [-0.3, -0.25) is 9.78 Å². The van der Waals surface area contributed by atoms with E-state index in [4.69, 9.17) is 0 Å². The summed E-state index contributed by atoms with van der Waals surface area (Å²) in [7, 11) is 0. The quantitative estimate of drug-likeness (QED) is 0.748. The average Bonchev–Trinajstić information content (AvgIpc) is 2.55. The second kappa shape index (κ2) is 6.36. The van der Waals surface area contributed by atoms with Crippen molar-refractivity contribution in [3.63, 3.8) is 0 Å². The van der Waals surface area contributed by atoms with Gasteiger partial charge in [0.1, 0.15) is 11.6 Å². The number of aromatic nitrogens is 3. The predicted molar refractivity (Wildman–Crippen MR) is 88.9 cm³/mol. The van der Waals surface area contributed by atoms with Gasteiger partial charge in [-0.2, -0.15) is 0 Å². The Morgan fingerprint density at radius 1 is 1.00 bits per heavy atom. The van der Waals surface area contributed by atoms with Crippen LogP contribution in [-0.2, 0) is 0 Å². The van der Waals surface area contributed by atoms with E-state index in [-0.39, 0.29) is 5.78 Å². The largest absolute Gasteiger partial charge is 0.323 e. The van der Waals surface area contributed by atoms with Crippen LogP contribution in [0.2, 0.25) is 0 Å². The normalized spacial score (nSPS) is 10.3. The molecule has 0 bridgehead atoms. The van der Waals surface area contributed by atoms with Gasteiger partial charge in [-0.15, -0.1) is 0 Å². The SMILES string of the molecule is Cc1cc(C)cc(C(=O)c2cccnc2Nc2cnccn2)c1. The minimum atomic E-state index is -0.0729. The molecule has 0 atom stereocenters. The third kappa shape index (κ3) is 3.40. The Balaban J connectivity index is 1.98. The van der Waals surface area contributed by atoms with Gasteiger partial charge < -0.3 is 5.32 Å². The molecular formula is C18H16N4O. The molecule has 0 aliphatic heterocycles. The standard InChI is InChI=1S/C18H16N4O/c1-12-8-13(2)10-14(9-12)17(23)15-4-3-5-21-18(15)22-16-11-19-6-7-20-16/h3-11H,1-2H3,(H,20,21,22). The minimum absolute atomic E-state index is 0.0729. The number of nitrogens with one attached hydrogen (secondary N) is 1. The Morgan fingerprint density at radius 2 is 1.78 bits per heavy atom. The molecule has 0 saturated heterocycles. The van der Waals surface area contributed by atoms with Crippen LogP contribution in [-0.4, -0.2) is 20.7 Å². The van der Waals surface area contributed by atoms with Crippen molar-refractivity contribution < 1.29 is 4.79 Å². The summed E-state index contributed by atoms with van der Waals surface area (Å²) in [6.07, 6.45) is 6.39. The zero-order chi connectivity index (χ0) is 16.2. The first kappa shape index (κ1) is 14.8. The Morgan fingerprint density at radius 3 is 2.48 bits per heavy atom. The van der Waals surface area contributed by atoms with Crippen LogP contribution in [0.5, 0.6) is 0 Å². The molecule has 0 radical (unpaired) electrons. The molecule has 0 amide bonds. The van der Waals surface area contributed by atoms with Gasteiger partial charge in [0.15, 0.2) is 5.78 Å². The molecule has 2 aromatic heterocycles. The summed E-state index contributed by atoms with van der Waals surface area (Å²) in [5.74, 6) is 0.939. The Bertz CT molecular complexity index is 826. The Hall–Kier alpha value is -3.08. The summed E-state index contributed by atoms with van der Waals surface area (Å²) in [5.41, 5.74) is 3.27. The first-order valence-corrected chi connectivity index (χ1v) is 7.24.